The standard InChI is InChI=1S/C19H18BrN7/c1-11(2)12-7-18(25-22-9-12)24-17-5-4-15-16(23-17)6-13(8-21-15)14-10-27(3)26-19(14)20/h4-11H,1-3H3,(H,23,24,25). The van der Waals surface area contributed by atoms with Crippen LogP contribution in [-0.2, 0) is 7.05 Å². The molecule has 0 fully saturated rings. The van der Waals surface area contributed by atoms with E-state index in [4.69, 9.17) is 0 Å². The van der Waals surface area contributed by atoms with Gasteiger partial charge in [-0.15, -0.1) is 5.10 Å². The second-order valence-corrected chi connectivity index (χ2v) is 7.37. The van der Waals surface area contributed by atoms with E-state index < -0.39 is 0 Å². The monoisotopic (exact) mass is 423 g/mol. The van der Waals surface area contributed by atoms with Gasteiger partial charge in [0, 0.05) is 30.6 Å². The van der Waals surface area contributed by atoms with E-state index in [0.717, 1.165) is 32.3 Å². The summed E-state index contributed by atoms with van der Waals surface area (Å²) < 4.78 is 2.54. The molecule has 0 radical (unpaired) electrons. The van der Waals surface area contributed by atoms with Crippen LogP contribution in [0.2, 0.25) is 0 Å². The van der Waals surface area contributed by atoms with Crippen molar-refractivity contribution in [2.45, 2.75) is 19.8 Å². The molecule has 4 heterocycles. The Morgan fingerprint density at radius 3 is 2.67 bits per heavy atom. The van der Waals surface area contributed by atoms with Crippen molar-refractivity contribution in [1.82, 2.24) is 29.9 Å². The Morgan fingerprint density at radius 1 is 1.07 bits per heavy atom. The molecule has 0 unspecified atom stereocenters. The van der Waals surface area contributed by atoms with Crippen LogP contribution in [0.5, 0.6) is 0 Å². The van der Waals surface area contributed by atoms with Crippen LogP contribution in [-0.4, -0.2) is 29.9 Å². The highest BCUT2D eigenvalue weighted by Gasteiger charge is 2.10. The van der Waals surface area contributed by atoms with E-state index in [9.17, 15) is 0 Å². The average molecular weight is 424 g/mol. The molecule has 7 nitrogen and oxygen atoms in total. The highest BCUT2D eigenvalue weighted by Crippen LogP contribution is 2.28. The first-order valence-electron chi connectivity index (χ1n) is 8.55. The second kappa shape index (κ2) is 7.03. The second-order valence-electron chi connectivity index (χ2n) is 6.62. The van der Waals surface area contributed by atoms with Crippen molar-refractivity contribution in [3.05, 3.63) is 53.0 Å². The maximum Gasteiger partial charge on any atom is 0.154 e. The minimum Gasteiger partial charge on any atom is -0.323 e. The molecule has 0 spiro atoms. The Labute approximate surface area is 165 Å². The lowest BCUT2D eigenvalue weighted by Crippen LogP contribution is -2.00. The number of anilines is 2. The van der Waals surface area contributed by atoms with Crippen LogP contribution < -0.4 is 5.32 Å². The molecular formula is C19H18BrN7. The van der Waals surface area contributed by atoms with Gasteiger partial charge in [0.05, 0.1) is 17.2 Å². The molecule has 8 heteroatoms. The van der Waals surface area contributed by atoms with Crippen LogP contribution in [0.1, 0.15) is 25.3 Å². The van der Waals surface area contributed by atoms with Crippen molar-refractivity contribution in [2.75, 3.05) is 5.32 Å². The number of hydrogen-bond acceptors (Lipinski definition) is 6. The first-order chi connectivity index (χ1) is 13.0. The van der Waals surface area contributed by atoms with Crippen molar-refractivity contribution < 1.29 is 0 Å². The number of nitrogens with one attached hydrogen (secondary N) is 1. The Kier molecular flexibility index (Phi) is 4.57. The van der Waals surface area contributed by atoms with Crippen molar-refractivity contribution in [2.24, 2.45) is 7.05 Å². The summed E-state index contributed by atoms with van der Waals surface area (Å²) in [5, 5.41) is 15.8. The van der Waals surface area contributed by atoms with Crippen LogP contribution in [0.4, 0.5) is 11.6 Å². The summed E-state index contributed by atoms with van der Waals surface area (Å²) >= 11 is 3.49. The van der Waals surface area contributed by atoms with Gasteiger partial charge in [-0.1, -0.05) is 13.8 Å². The lowest BCUT2D eigenvalue weighted by molar-refractivity contribution is 0.760. The van der Waals surface area contributed by atoms with Gasteiger partial charge in [-0.2, -0.15) is 10.2 Å². The van der Waals surface area contributed by atoms with E-state index in [0.29, 0.717) is 17.6 Å². The highest BCUT2D eigenvalue weighted by molar-refractivity contribution is 9.10. The number of halogens is 1. The fourth-order valence-corrected chi connectivity index (χ4v) is 3.35. The molecule has 1 N–H and O–H groups in total. The van der Waals surface area contributed by atoms with Gasteiger partial charge in [-0.05, 0) is 51.7 Å². The van der Waals surface area contributed by atoms with Crippen LogP contribution in [0, 0.1) is 0 Å². The molecule has 4 aromatic rings. The van der Waals surface area contributed by atoms with Gasteiger partial charge in [0.2, 0.25) is 0 Å². The van der Waals surface area contributed by atoms with E-state index in [1.807, 2.05) is 43.7 Å². The lowest BCUT2D eigenvalue weighted by atomic mass is 10.1. The zero-order valence-corrected chi connectivity index (χ0v) is 16.8. The molecule has 0 bridgehead atoms. The predicted molar refractivity (Wildman–Crippen MR) is 109 cm³/mol. The SMILES string of the molecule is CC(C)c1cnnc(Nc2ccc3ncc(-c4cn(C)nc4Br)cc3n2)c1. The molecule has 0 saturated heterocycles. The van der Waals surface area contributed by atoms with E-state index in [2.05, 4.69) is 60.4 Å². The summed E-state index contributed by atoms with van der Waals surface area (Å²) in [6, 6.07) is 7.82. The van der Waals surface area contributed by atoms with E-state index in [1.165, 1.54) is 0 Å². The summed E-state index contributed by atoms with van der Waals surface area (Å²) in [5.41, 5.74) is 4.67. The first-order valence-corrected chi connectivity index (χ1v) is 9.35. The van der Waals surface area contributed by atoms with Crippen LogP contribution in [0.15, 0.2) is 47.5 Å². The number of nitrogens with zero attached hydrogens (tertiary/aromatic N) is 6. The Bertz CT molecular complexity index is 1120. The minimum atomic E-state index is 0.385. The Morgan fingerprint density at radius 2 is 1.93 bits per heavy atom. The van der Waals surface area contributed by atoms with Crippen molar-refractivity contribution in [3.63, 3.8) is 0 Å². The van der Waals surface area contributed by atoms with Gasteiger partial charge in [-0.25, -0.2) is 4.98 Å². The molecular weight excluding hydrogens is 406 g/mol. The zero-order chi connectivity index (χ0) is 19.0. The number of rotatable bonds is 4. The fraction of sp³-hybridized carbons (Fsp3) is 0.211. The van der Waals surface area contributed by atoms with E-state index in [1.54, 1.807) is 10.9 Å². The molecule has 0 aliphatic carbocycles. The average Bonchev–Trinajstić information content (AvgIpc) is 2.99. The largest absolute Gasteiger partial charge is 0.323 e. The van der Waals surface area contributed by atoms with Gasteiger partial charge >= 0.3 is 0 Å². The Balaban J connectivity index is 1.69. The normalized spacial score (nSPS) is 11.3. The third-order valence-corrected chi connectivity index (χ3v) is 4.82. The molecule has 0 amide bonds. The summed E-state index contributed by atoms with van der Waals surface area (Å²) in [6.07, 6.45) is 5.56. The van der Waals surface area contributed by atoms with E-state index >= 15 is 0 Å². The molecule has 0 atom stereocenters. The lowest BCUT2D eigenvalue weighted by Gasteiger charge is -2.09. The van der Waals surface area contributed by atoms with Gasteiger partial charge < -0.3 is 5.32 Å². The number of hydrogen-bond donors (Lipinski definition) is 1. The van der Waals surface area contributed by atoms with E-state index in [-0.39, 0.29) is 0 Å². The molecule has 136 valence electrons. The van der Waals surface area contributed by atoms with Gasteiger partial charge in [0.25, 0.3) is 0 Å². The summed E-state index contributed by atoms with van der Waals surface area (Å²) in [4.78, 5) is 9.20. The maximum absolute atomic E-state index is 4.68. The number of fused-ring (bicyclic) bond motifs is 1. The molecule has 4 aromatic heterocycles. The van der Waals surface area contributed by atoms with Crippen LogP contribution in [0.3, 0.4) is 0 Å². The quantitative estimate of drug-likeness (QED) is 0.521. The van der Waals surface area contributed by atoms with Gasteiger partial charge in [0.15, 0.2) is 5.82 Å². The number of aromatic nitrogens is 6. The van der Waals surface area contributed by atoms with Crippen LogP contribution in [0.25, 0.3) is 22.2 Å². The summed E-state index contributed by atoms with van der Waals surface area (Å²) in [6.45, 7) is 4.25. The predicted octanol–water partition coefficient (Wildman–Crippen LogP) is 4.45. The van der Waals surface area contributed by atoms with Gasteiger partial charge in [0.1, 0.15) is 10.4 Å². The van der Waals surface area contributed by atoms with Crippen molar-refractivity contribution >= 4 is 38.6 Å². The molecule has 0 aliphatic rings. The van der Waals surface area contributed by atoms with Gasteiger partial charge in [-0.3, -0.25) is 9.67 Å². The fourth-order valence-electron chi connectivity index (χ4n) is 2.77. The topological polar surface area (TPSA) is 81.4 Å². The number of pyridine rings is 2. The molecule has 4 rings (SSSR count). The number of aryl methyl sites for hydroxylation is 1. The molecule has 27 heavy (non-hydrogen) atoms. The molecule has 0 aromatic carbocycles. The highest BCUT2D eigenvalue weighted by atomic mass is 79.9. The zero-order valence-electron chi connectivity index (χ0n) is 15.2. The summed E-state index contributed by atoms with van der Waals surface area (Å²) in [5.74, 6) is 1.75. The van der Waals surface area contributed by atoms with Crippen molar-refractivity contribution in [3.8, 4) is 11.1 Å². The molecule has 0 aliphatic heterocycles. The smallest absolute Gasteiger partial charge is 0.154 e. The van der Waals surface area contributed by atoms with Crippen molar-refractivity contribution in [1.29, 1.82) is 0 Å². The third-order valence-electron chi connectivity index (χ3n) is 4.23. The molecule has 0 saturated carbocycles. The summed E-state index contributed by atoms with van der Waals surface area (Å²) in [7, 11) is 1.88. The maximum atomic E-state index is 4.68. The van der Waals surface area contributed by atoms with Crippen LogP contribution >= 0.6 is 15.9 Å². The third kappa shape index (κ3) is 3.66. The minimum absolute atomic E-state index is 0.385. The Hall–Kier alpha value is -2.87. The first kappa shape index (κ1) is 17.5.